The van der Waals surface area contributed by atoms with Crippen molar-refractivity contribution in [1.82, 2.24) is 0 Å². The number of primary amides is 1. The van der Waals surface area contributed by atoms with E-state index in [0.717, 1.165) is 0 Å². The van der Waals surface area contributed by atoms with Crippen molar-refractivity contribution >= 4 is 23.3 Å². The van der Waals surface area contributed by atoms with Crippen molar-refractivity contribution in [2.24, 2.45) is 11.7 Å². The highest BCUT2D eigenvalue weighted by Crippen LogP contribution is 2.28. The molecule has 102 valence electrons. The molecule has 0 radical (unpaired) electrons. The van der Waals surface area contributed by atoms with Crippen LogP contribution in [0.3, 0.4) is 0 Å². The lowest BCUT2D eigenvalue weighted by atomic mass is 9.95. The van der Waals surface area contributed by atoms with Gasteiger partial charge >= 0.3 is 5.97 Å². The van der Waals surface area contributed by atoms with Crippen molar-refractivity contribution < 1.29 is 14.7 Å². The molecule has 19 heavy (non-hydrogen) atoms. The first kappa shape index (κ1) is 13.2. The van der Waals surface area contributed by atoms with Crippen molar-refractivity contribution in [3.05, 3.63) is 23.8 Å². The summed E-state index contributed by atoms with van der Waals surface area (Å²) < 4.78 is 0. The van der Waals surface area contributed by atoms with Gasteiger partial charge in [0, 0.05) is 24.7 Å². The van der Waals surface area contributed by atoms with Crippen molar-refractivity contribution in [3.63, 3.8) is 0 Å². The molecule has 1 aliphatic rings. The smallest absolute Gasteiger partial charge is 0.337 e. The molecule has 0 saturated carbocycles. The second-order valence-electron chi connectivity index (χ2n) is 4.75. The number of amides is 1. The zero-order valence-corrected chi connectivity index (χ0v) is 10.5. The largest absolute Gasteiger partial charge is 0.478 e. The van der Waals surface area contributed by atoms with Gasteiger partial charge in [-0.05, 0) is 31.0 Å². The van der Waals surface area contributed by atoms with Crippen LogP contribution in [0, 0.1) is 5.92 Å². The third-order valence-electron chi connectivity index (χ3n) is 3.49. The molecule has 2 rings (SSSR count). The molecule has 1 amide bonds. The number of hydrogen-bond acceptors (Lipinski definition) is 4. The Bertz CT molecular complexity index is 508. The zero-order chi connectivity index (χ0) is 14.0. The summed E-state index contributed by atoms with van der Waals surface area (Å²) in [6.07, 6.45) is 1.28. The number of nitrogens with two attached hydrogens (primary N) is 2. The van der Waals surface area contributed by atoms with E-state index < -0.39 is 5.97 Å². The Morgan fingerprint density at radius 3 is 2.42 bits per heavy atom. The van der Waals surface area contributed by atoms with E-state index in [1.807, 2.05) is 4.90 Å². The highest BCUT2D eigenvalue weighted by molar-refractivity contribution is 5.95. The molecular weight excluding hydrogens is 246 g/mol. The van der Waals surface area contributed by atoms with Crippen LogP contribution in [0.2, 0.25) is 0 Å². The van der Waals surface area contributed by atoms with Crippen molar-refractivity contribution in [1.29, 1.82) is 0 Å². The monoisotopic (exact) mass is 263 g/mol. The van der Waals surface area contributed by atoms with Crippen LogP contribution in [0.5, 0.6) is 0 Å². The summed E-state index contributed by atoms with van der Waals surface area (Å²) in [5.74, 6) is -1.39. The van der Waals surface area contributed by atoms with Crippen LogP contribution in [0.25, 0.3) is 0 Å². The number of carboxylic acid groups (broad SMARTS) is 1. The van der Waals surface area contributed by atoms with E-state index in [9.17, 15) is 14.7 Å². The second kappa shape index (κ2) is 5.17. The summed E-state index contributed by atoms with van der Waals surface area (Å²) >= 11 is 0. The Morgan fingerprint density at radius 1 is 1.26 bits per heavy atom. The van der Waals surface area contributed by atoms with Crippen molar-refractivity contribution in [3.8, 4) is 0 Å². The van der Waals surface area contributed by atoms with E-state index in [0.29, 0.717) is 37.3 Å². The summed E-state index contributed by atoms with van der Waals surface area (Å²) in [4.78, 5) is 24.3. The molecule has 0 atom stereocenters. The fourth-order valence-corrected chi connectivity index (χ4v) is 2.40. The summed E-state index contributed by atoms with van der Waals surface area (Å²) in [6.45, 7) is 1.22. The molecule has 6 nitrogen and oxygen atoms in total. The summed E-state index contributed by atoms with van der Waals surface area (Å²) in [7, 11) is 0. The minimum atomic E-state index is -0.980. The number of nitrogens with zero attached hydrogens (tertiary/aromatic N) is 1. The first-order chi connectivity index (χ1) is 8.99. The molecule has 0 bridgehead atoms. The van der Waals surface area contributed by atoms with Crippen molar-refractivity contribution in [2.75, 3.05) is 23.7 Å². The van der Waals surface area contributed by atoms with E-state index in [2.05, 4.69) is 0 Å². The maximum absolute atomic E-state index is 11.2. The highest BCUT2D eigenvalue weighted by atomic mass is 16.4. The normalized spacial score (nSPS) is 16.3. The molecule has 1 fully saturated rings. The Morgan fingerprint density at radius 2 is 1.89 bits per heavy atom. The predicted molar refractivity (Wildman–Crippen MR) is 71.9 cm³/mol. The van der Waals surface area contributed by atoms with Crippen LogP contribution < -0.4 is 16.4 Å². The maximum Gasteiger partial charge on any atom is 0.337 e. The third kappa shape index (κ3) is 2.78. The lowest BCUT2D eigenvalue weighted by molar-refractivity contribution is -0.122. The topological polar surface area (TPSA) is 110 Å². The Balaban J connectivity index is 2.21. The number of aromatic carboxylic acids is 1. The molecule has 1 aliphatic heterocycles. The van der Waals surface area contributed by atoms with Crippen LogP contribution in [-0.4, -0.2) is 30.1 Å². The highest BCUT2D eigenvalue weighted by Gasteiger charge is 2.25. The van der Waals surface area contributed by atoms with E-state index in [1.54, 1.807) is 12.1 Å². The molecule has 1 heterocycles. The van der Waals surface area contributed by atoms with Gasteiger partial charge in [0.15, 0.2) is 0 Å². The number of carbonyl (C=O) groups is 2. The van der Waals surface area contributed by atoms with Gasteiger partial charge in [-0.2, -0.15) is 0 Å². The van der Waals surface area contributed by atoms with Crippen LogP contribution in [-0.2, 0) is 4.79 Å². The number of nitrogen functional groups attached to an aromatic ring is 1. The lowest BCUT2D eigenvalue weighted by Crippen LogP contribution is -2.39. The molecule has 1 aromatic carbocycles. The van der Waals surface area contributed by atoms with Gasteiger partial charge in [-0.3, -0.25) is 4.79 Å². The average Bonchev–Trinajstić information content (AvgIpc) is 2.38. The fraction of sp³-hybridized carbons (Fsp3) is 0.385. The van der Waals surface area contributed by atoms with Gasteiger partial charge in [0.2, 0.25) is 5.91 Å². The average molecular weight is 263 g/mol. The SMILES string of the molecule is NC(=O)C1CCN(c2cc(N)ccc2C(=O)O)CC1. The van der Waals surface area contributed by atoms with E-state index >= 15 is 0 Å². The van der Waals surface area contributed by atoms with Gasteiger partial charge in [-0.15, -0.1) is 0 Å². The minimum Gasteiger partial charge on any atom is -0.478 e. The maximum atomic E-state index is 11.2. The predicted octanol–water partition coefficient (Wildman–Crippen LogP) is 0.669. The summed E-state index contributed by atoms with van der Waals surface area (Å²) in [6, 6.07) is 4.74. The van der Waals surface area contributed by atoms with E-state index in [-0.39, 0.29) is 17.4 Å². The van der Waals surface area contributed by atoms with Gasteiger partial charge in [-0.25, -0.2) is 4.79 Å². The van der Waals surface area contributed by atoms with Gasteiger partial charge in [-0.1, -0.05) is 0 Å². The van der Waals surface area contributed by atoms with Gasteiger partial charge in [0.1, 0.15) is 0 Å². The zero-order valence-electron chi connectivity index (χ0n) is 10.5. The summed E-state index contributed by atoms with van der Waals surface area (Å²) in [5.41, 5.74) is 12.4. The molecule has 0 spiro atoms. The van der Waals surface area contributed by atoms with Crippen LogP contribution in [0.15, 0.2) is 18.2 Å². The molecule has 0 aliphatic carbocycles. The molecule has 5 N–H and O–H groups in total. The number of carbonyl (C=O) groups excluding carboxylic acids is 1. The standard InChI is InChI=1S/C13H17N3O3/c14-9-1-2-10(13(18)19)11(7-9)16-5-3-8(4-6-16)12(15)17/h1-2,7-8H,3-6,14H2,(H2,15,17)(H,18,19). The Kier molecular flexibility index (Phi) is 3.59. The number of rotatable bonds is 3. The number of carboxylic acids is 1. The van der Waals surface area contributed by atoms with E-state index in [1.165, 1.54) is 6.07 Å². The van der Waals surface area contributed by atoms with Crippen LogP contribution in [0.1, 0.15) is 23.2 Å². The molecule has 0 aromatic heterocycles. The lowest BCUT2D eigenvalue weighted by Gasteiger charge is -2.33. The Hall–Kier alpha value is -2.24. The van der Waals surface area contributed by atoms with Crippen LogP contribution in [0.4, 0.5) is 11.4 Å². The van der Waals surface area contributed by atoms with Crippen LogP contribution >= 0.6 is 0 Å². The number of hydrogen-bond donors (Lipinski definition) is 3. The number of anilines is 2. The van der Waals surface area contributed by atoms with Gasteiger partial charge in [0.25, 0.3) is 0 Å². The quantitative estimate of drug-likeness (QED) is 0.694. The number of benzene rings is 1. The Labute approximate surface area is 111 Å². The molecule has 0 unspecified atom stereocenters. The summed E-state index contributed by atoms with van der Waals surface area (Å²) in [5, 5.41) is 9.19. The van der Waals surface area contributed by atoms with E-state index in [4.69, 9.17) is 11.5 Å². The van der Waals surface area contributed by atoms with Crippen molar-refractivity contribution in [2.45, 2.75) is 12.8 Å². The first-order valence-electron chi connectivity index (χ1n) is 6.16. The first-order valence-corrected chi connectivity index (χ1v) is 6.16. The number of piperidine rings is 1. The second-order valence-corrected chi connectivity index (χ2v) is 4.75. The molecule has 6 heteroatoms. The molecule has 1 aromatic rings. The van der Waals surface area contributed by atoms with Gasteiger partial charge in [0.05, 0.1) is 11.3 Å². The minimum absolute atomic E-state index is 0.120. The third-order valence-corrected chi connectivity index (χ3v) is 3.49. The molecular formula is C13H17N3O3. The van der Waals surface area contributed by atoms with Gasteiger partial charge < -0.3 is 21.5 Å². The molecule has 1 saturated heterocycles. The fourth-order valence-electron chi connectivity index (χ4n) is 2.40.